The summed E-state index contributed by atoms with van der Waals surface area (Å²) in [6.45, 7) is 4.82. The molecular formula is C26H32N6O3S. The van der Waals surface area contributed by atoms with Crippen LogP contribution in [0.5, 0.6) is 0 Å². The van der Waals surface area contributed by atoms with Gasteiger partial charge in [0.15, 0.2) is 0 Å². The molecule has 0 saturated carbocycles. The zero-order valence-electron chi connectivity index (χ0n) is 20.2. The zero-order valence-corrected chi connectivity index (χ0v) is 21.0. The zero-order chi connectivity index (χ0) is 24.9. The van der Waals surface area contributed by atoms with Crippen molar-refractivity contribution in [2.24, 2.45) is 5.73 Å². The van der Waals surface area contributed by atoms with E-state index in [0.29, 0.717) is 29.6 Å². The minimum atomic E-state index is -0.504. The summed E-state index contributed by atoms with van der Waals surface area (Å²) in [6.07, 6.45) is 5.54. The number of thiophene rings is 1. The molecule has 3 aromatic rings. The smallest absolute Gasteiger partial charge is 0.251 e. The summed E-state index contributed by atoms with van der Waals surface area (Å²) in [5.74, 6) is 1.08. The Labute approximate surface area is 214 Å². The number of primary amides is 1. The van der Waals surface area contributed by atoms with E-state index in [1.165, 1.54) is 30.6 Å². The van der Waals surface area contributed by atoms with Gasteiger partial charge >= 0.3 is 0 Å². The lowest BCUT2D eigenvalue weighted by molar-refractivity contribution is 0.00158. The number of hydrogen-bond acceptors (Lipinski definition) is 9. The molecule has 0 bridgehead atoms. The van der Waals surface area contributed by atoms with Crippen molar-refractivity contribution in [1.82, 2.24) is 14.9 Å². The molecule has 190 valence electrons. The summed E-state index contributed by atoms with van der Waals surface area (Å²) in [6, 6.07) is 11.3. The fourth-order valence-electron chi connectivity index (χ4n) is 4.76. The van der Waals surface area contributed by atoms with Crippen LogP contribution in [0.25, 0.3) is 10.4 Å². The molecule has 2 fully saturated rings. The lowest BCUT2D eigenvalue weighted by Gasteiger charge is -2.33. The molecule has 4 N–H and O–H groups in total. The van der Waals surface area contributed by atoms with Gasteiger partial charge in [-0.2, -0.15) is 0 Å². The Morgan fingerprint density at radius 3 is 2.64 bits per heavy atom. The Kier molecular flexibility index (Phi) is 7.76. The SMILES string of the molecule is NC(=O)c1cc(-c2ccc(N3CCCCC3)nc2)sc1Nc1cccc(C(CO)N2CCOCC2)n1. The van der Waals surface area contributed by atoms with Crippen LogP contribution >= 0.6 is 11.3 Å². The number of rotatable bonds is 8. The largest absolute Gasteiger partial charge is 0.394 e. The van der Waals surface area contributed by atoms with Crippen LogP contribution in [-0.2, 0) is 4.74 Å². The normalized spacial score (nSPS) is 17.6. The number of amides is 1. The minimum Gasteiger partial charge on any atom is -0.394 e. The predicted molar refractivity (Wildman–Crippen MR) is 142 cm³/mol. The number of aliphatic hydroxyl groups is 1. The van der Waals surface area contributed by atoms with Crippen LogP contribution in [0, 0.1) is 0 Å². The molecule has 9 nitrogen and oxygen atoms in total. The fourth-order valence-corrected chi connectivity index (χ4v) is 5.82. The second-order valence-electron chi connectivity index (χ2n) is 9.09. The van der Waals surface area contributed by atoms with E-state index in [-0.39, 0.29) is 12.6 Å². The van der Waals surface area contributed by atoms with Crippen molar-refractivity contribution in [2.45, 2.75) is 25.3 Å². The second-order valence-corrected chi connectivity index (χ2v) is 10.1. The van der Waals surface area contributed by atoms with E-state index in [1.54, 1.807) is 6.07 Å². The number of aromatic nitrogens is 2. The summed E-state index contributed by atoms with van der Waals surface area (Å²) in [5.41, 5.74) is 7.82. The Morgan fingerprint density at radius 2 is 1.94 bits per heavy atom. The third-order valence-corrected chi connectivity index (χ3v) is 7.82. The van der Waals surface area contributed by atoms with Gasteiger partial charge in [0.25, 0.3) is 5.91 Å². The van der Waals surface area contributed by atoms with Gasteiger partial charge in [0.1, 0.15) is 16.6 Å². The van der Waals surface area contributed by atoms with Crippen molar-refractivity contribution in [2.75, 3.05) is 56.2 Å². The van der Waals surface area contributed by atoms with Crippen LogP contribution in [-0.4, -0.2) is 71.9 Å². The molecule has 1 amide bonds. The monoisotopic (exact) mass is 508 g/mol. The first-order chi connectivity index (χ1) is 17.6. The standard InChI is InChI=1S/C26H32N6O3S/c27-25(34)19-15-22(18-7-8-24(28-16-18)32-9-2-1-3-10-32)36-26(19)30-23-6-4-5-20(29-23)21(17-33)31-11-13-35-14-12-31/h4-8,15-16,21,33H,1-3,9-14,17H2,(H2,27,34)(H,29,30). The van der Waals surface area contributed by atoms with Crippen LogP contribution in [0.4, 0.5) is 16.6 Å². The quantitative estimate of drug-likeness (QED) is 0.424. The number of nitrogens with zero attached hydrogens (tertiary/aromatic N) is 4. The number of aliphatic hydroxyl groups excluding tert-OH is 1. The molecule has 5 heterocycles. The summed E-state index contributed by atoms with van der Waals surface area (Å²) >= 11 is 1.44. The molecule has 2 aliphatic rings. The van der Waals surface area contributed by atoms with Gasteiger partial charge < -0.3 is 25.8 Å². The van der Waals surface area contributed by atoms with Crippen molar-refractivity contribution >= 4 is 33.9 Å². The molecule has 3 aromatic heterocycles. The average molecular weight is 509 g/mol. The number of nitrogens with one attached hydrogen (secondary N) is 1. The molecule has 36 heavy (non-hydrogen) atoms. The van der Waals surface area contributed by atoms with Crippen LogP contribution in [0.1, 0.15) is 41.4 Å². The van der Waals surface area contributed by atoms with E-state index in [0.717, 1.165) is 48.1 Å². The van der Waals surface area contributed by atoms with Gasteiger partial charge in [-0.3, -0.25) is 9.69 Å². The van der Waals surface area contributed by atoms with E-state index in [2.05, 4.69) is 20.1 Å². The van der Waals surface area contributed by atoms with Crippen LogP contribution < -0.4 is 16.0 Å². The van der Waals surface area contributed by atoms with Gasteiger partial charge in [-0.1, -0.05) is 6.07 Å². The maximum Gasteiger partial charge on any atom is 0.251 e. The number of carbonyl (C=O) groups excluding carboxylic acids is 1. The Balaban J connectivity index is 1.36. The first-order valence-corrected chi connectivity index (χ1v) is 13.3. The second kappa shape index (κ2) is 11.3. The number of morpholine rings is 1. The molecule has 1 atom stereocenters. The van der Waals surface area contributed by atoms with E-state index >= 15 is 0 Å². The van der Waals surface area contributed by atoms with Crippen LogP contribution in [0.15, 0.2) is 42.6 Å². The lowest BCUT2D eigenvalue weighted by atomic mass is 10.1. The van der Waals surface area contributed by atoms with Crippen molar-refractivity contribution in [3.63, 3.8) is 0 Å². The number of piperidine rings is 1. The van der Waals surface area contributed by atoms with Gasteiger partial charge in [0.05, 0.1) is 37.1 Å². The summed E-state index contributed by atoms with van der Waals surface area (Å²) in [4.78, 5) is 27.1. The summed E-state index contributed by atoms with van der Waals surface area (Å²) in [7, 11) is 0. The van der Waals surface area contributed by atoms with E-state index in [9.17, 15) is 9.90 Å². The number of pyridine rings is 2. The first-order valence-electron chi connectivity index (χ1n) is 12.4. The number of ether oxygens (including phenoxy) is 1. The highest BCUT2D eigenvalue weighted by Gasteiger charge is 2.24. The highest BCUT2D eigenvalue weighted by atomic mass is 32.1. The van der Waals surface area contributed by atoms with E-state index < -0.39 is 5.91 Å². The van der Waals surface area contributed by atoms with Gasteiger partial charge in [-0.25, -0.2) is 9.97 Å². The van der Waals surface area contributed by atoms with E-state index in [1.807, 2.05) is 36.5 Å². The third kappa shape index (κ3) is 5.52. The Bertz CT molecular complexity index is 1170. The molecular weight excluding hydrogens is 476 g/mol. The van der Waals surface area contributed by atoms with E-state index in [4.69, 9.17) is 15.5 Å². The van der Waals surface area contributed by atoms with Crippen molar-refractivity contribution in [3.8, 4) is 10.4 Å². The molecule has 0 aromatic carbocycles. The highest BCUT2D eigenvalue weighted by molar-refractivity contribution is 7.19. The average Bonchev–Trinajstić information content (AvgIpc) is 3.35. The Morgan fingerprint density at radius 1 is 1.14 bits per heavy atom. The molecule has 0 radical (unpaired) electrons. The van der Waals surface area contributed by atoms with Crippen molar-refractivity contribution in [1.29, 1.82) is 0 Å². The van der Waals surface area contributed by atoms with Gasteiger partial charge in [-0.15, -0.1) is 11.3 Å². The Hall–Kier alpha value is -3.05. The highest BCUT2D eigenvalue weighted by Crippen LogP contribution is 2.37. The van der Waals surface area contributed by atoms with Gasteiger partial charge in [0, 0.05) is 42.8 Å². The first kappa shape index (κ1) is 24.6. The van der Waals surface area contributed by atoms with Crippen LogP contribution in [0.3, 0.4) is 0 Å². The summed E-state index contributed by atoms with van der Waals surface area (Å²) in [5, 5.41) is 14.0. The molecule has 2 aliphatic heterocycles. The minimum absolute atomic E-state index is 0.0352. The van der Waals surface area contributed by atoms with Gasteiger partial charge in [0.2, 0.25) is 0 Å². The third-order valence-electron chi connectivity index (χ3n) is 6.72. The number of nitrogens with two attached hydrogens (primary N) is 1. The van der Waals surface area contributed by atoms with Crippen molar-refractivity contribution in [3.05, 3.63) is 53.9 Å². The lowest BCUT2D eigenvalue weighted by Crippen LogP contribution is -2.40. The molecule has 1 unspecified atom stereocenters. The van der Waals surface area contributed by atoms with Gasteiger partial charge in [-0.05, 0) is 49.6 Å². The molecule has 2 saturated heterocycles. The predicted octanol–water partition coefficient (Wildman–Crippen LogP) is 3.40. The number of anilines is 3. The summed E-state index contributed by atoms with van der Waals surface area (Å²) < 4.78 is 5.44. The molecule has 5 rings (SSSR count). The molecule has 0 spiro atoms. The number of hydrogen-bond donors (Lipinski definition) is 3. The maximum atomic E-state index is 12.2. The maximum absolute atomic E-state index is 12.2. The topological polar surface area (TPSA) is 117 Å². The number of carbonyl (C=O) groups is 1. The fraction of sp³-hybridized carbons (Fsp3) is 0.423. The van der Waals surface area contributed by atoms with Crippen LogP contribution in [0.2, 0.25) is 0 Å². The van der Waals surface area contributed by atoms with Crippen molar-refractivity contribution < 1.29 is 14.6 Å². The molecule has 0 aliphatic carbocycles. The molecule has 10 heteroatoms.